The number of anilines is 1. The van der Waals surface area contributed by atoms with E-state index in [-0.39, 0.29) is 12.1 Å². The Morgan fingerprint density at radius 3 is 2.73 bits per heavy atom. The minimum absolute atomic E-state index is 0.178. The number of piperidine rings is 1. The molecule has 1 aromatic heterocycles. The molecule has 1 unspecified atom stereocenters. The molecule has 0 saturated carbocycles. The Morgan fingerprint density at radius 2 is 2.09 bits per heavy atom. The number of ether oxygens (including phenoxy) is 1. The van der Waals surface area contributed by atoms with E-state index in [4.69, 9.17) is 4.74 Å². The molecular formula is C16H26N4O2. The number of carbonyl (C=O) groups is 1. The maximum absolute atomic E-state index is 12.2. The molecule has 1 aliphatic rings. The highest BCUT2D eigenvalue weighted by Gasteiger charge is 2.27. The Bertz CT molecular complexity index is 539. The summed E-state index contributed by atoms with van der Waals surface area (Å²) in [5, 5.41) is 11.7. The Hall–Kier alpha value is -1.85. The number of carbonyl (C=O) groups excluding carboxylic acids is 1. The molecule has 22 heavy (non-hydrogen) atoms. The summed E-state index contributed by atoms with van der Waals surface area (Å²) in [6.07, 6.45) is 1.72. The van der Waals surface area contributed by atoms with Gasteiger partial charge in [0.2, 0.25) is 0 Å². The van der Waals surface area contributed by atoms with Gasteiger partial charge in [-0.3, -0.25) is 0 Å². The van der Waals surface area contributed by atoms with E-state index < -0.39 is 5.60 Å². The van der Waals surface area contributed by atoms with E-state index in [1.807, 2.05) is 40.7 Å². The third kappa shape index (κ3) is 4.58. The topological polar surface area (TPSA) is 67.4 Å². The summed E-state index contributed by atoms with van der Waals surface area (Å²) in [5.41, 5.74) is 1.58. The predicted octanol–water partition coefficient (Wildman–Crippen LogP) is 2.90. The number of nitrogens with zero attached hydrogens (tertiary/aromatic N) is 3. The minimum atomic E-state index is -0.461. The van der Waals surface area contributed by atoms with Crippen molar-refractivity contribution in [1.29, 1.82) is 0 Å². The zero-order valence-electron chi connectivity index (χ0n) is 14.1. The molecule has 0 radical (unpaired) electrons. The number of aryl methyl sites for hydroxylation is 2. The molecule has 1 aliphatic heterocycles. The second kappa shape index (κ2) is 6.50. The number of rotatable bonds is 2. The molecule has 6 nitrogen and oxygen atoms in total. The van der Waals surface area contributed by atoms with Crippen molar-refractivity contribution in [3.8, 4) is 0 Å². The molecule has 2 heterocycles. The zero-order valence-corrected chi connectivity index (χ0v) is 14.1. The summed E-state index contributed by atoms with van der Waals surface area (Å²) in [4.78, 5) is 13.9. The molecule has 6 heteroatoms. The van der Waals surface area contributed by atoms with Gasteiger partial charge in [0.05, 0.1) is 5.69 Å². The van der Waals surface area contributed by atoms with Crippen LogP contribution in [0, 0.1) is 13.8 Å². The lowest BCUT2D eigenvalue weighted by atomic mass is 10.1. The van der Waals surface area contributed by atoms with Crippen LogP contribution in [-0.2, 0) is 4.74 Å². The van der Waals surface area contributed by atoms with Crippen molar-refractivity contribution in [3.05, 3.63) is 17.3 Å². The van der Waals surface area contributed by atoms with Gasteiger partial charge in [-0.05, 0) is 59.1 Å². The summed E-state index contributed by atoms with van der Waals surface area (Å²) in [7, 11) is 0. The van der Waals surface area contributed by atoms with Gasteiger partial charge in [0, 0.05) is 19.1 Å². The number of likely N-dealkylation sites (tertiary alicyclic amines) is 1. The first-order chi connectivity index (χ1) is 10.2. The molecular weight excluding hydrogens is 280 g/mol. The standard InChI is InChI=1S/C16H26N4O2/c1-11-9-14(19-18-12(11)2)17-13-7-6-8-20(10-13)15(21)22-16(3,4)5/h9,13H,6-8,10H2,1-5H3,(H,17,19). The Kier molecular flexibility index (Phi) is 4.88. The molecule has 1 aromatic rings. The highest BCUT2D eigenvalue weighted by atomic mass is 16.6. The summed E-state index contributed by atoms with van der Waals surface area (Å²) in [5.74, 6) is 0.763. The summed E-state index contributed by atoms with van der Waals surface area (Å²) < 4.78 is 5.44. The Morgan fingerprint density at radius 1 is 1.36 bits per heavy atom. The zero-order chi connectivity index (χ0) is 16.3. The van der Waals surface area contributed by atoms with Crippen molar-refractivity contribution in [1.82, 2.24) is 15.1 Å². The van der Waals surface area contributed by atoms with Crippen LogP contribution in [0.4, 0.5) is 10.6 Å². The molecule has 1 N–H and O–H groups in total. The smallest absolute Gasteiger partial charge is 0.410 e. The van der Waals surface area contributed by atoms with Gasteiger partial charge in [-0.25, -0.2) is 4.79 Å². The molecule has 0 aliphatic carbocycles. The quantitative estimate of drug-likeness (QED) is 0.910. The number of hydrogen-bond donors (Lipinski definition) is 1. The molecule has 1 amide bonds. The monoisotopic (exact) mass is 306 g/mol. The van der Waals surface area contributed by atoms with Gasteiger partial charge in [0.25, 0.3) is 0 Å². The summed E-state index contributed by atoms with van der Waals surface area (Å²) >= 11 is 0. The van der Waals surface area contributed by atoms with Gasteiger partial charge < -0.3 is 15.0 Å². The normalized spacial score (nSPS) is 19.0. The second-order valence-corrected chi connectivity index (χ2v) is 6.91. The van der Waals surface area contributed by atoms with Crippen LogP contribution < -0.4 is 5.32 Å². The number of nitrogens with one attached hydrogen (secondary N) is 1. The van der Waals surface area contributed by atoms with E-state index in [1.165, 1.54) is 0 Å². The lowest BCUT2D eigenvalue weighted by Gasteiger charge is -2.34. The van der Waals surface area contributed by atoms with Gasteiger partial charge in [-0.1, -0.05) is 0 Å². The third-order valence-corrected chi connectivity index (χ3v) is 3.66. The molecule has 0 aromatic carbocycles. The lowest BCUT2D eigenvalue weighted by Crippen LogP contribution is -2.47. The fraction of sp³-hybridized carbons (Fsp3) is 0.688. The van der Waals surface area contributed by atoms with E-state index in [1.54, 1.807) is 4.90 Å². The molecule has 1 fully saturated rings. The second-order valence-electron chi connectivity index (χ2n) is 6.91. The Balaban J connectivity index is 1.95. The van der Waals surface area contributed by atoms with Crippen molar-refractivity contribution in [2.75, 3.05) is 18.4 Å². The molecule has 0 spiro atoms. The molecule has 0 bridgehead atoms. The molecule has 2 rings (SSSR count). The van der Waals surface area contributed by atoms with Gasteiger partial charge >= 0.3 is 6.09 Å². The average molecular weight is 306 g/mol. The van der Waals surface area contributed by atoms with E-state index in [9.17, 15) is 4.79 Å². The van der Waals surface area contributed by atoms with Crippen LogP contribution in [0.2, 0.25) is 0 Å². The fourth-order valence-corrected chi connectivity index (χ4v) is 2.41. The van der Waals surface area contributed by atoms with Crippen molar-refractivity contribution >= 4 is 11.9 Å². The first-order valence-electron chi connectivity index (χ1n) is 7.80. The summed E-state index contributed by atoms with van der Waals surface area (Å²) in [6, 6.07) is 2.17. The maximum atomic E-state index is 12.2. The van der Waals surface area contributed by atoms with Gasteiger partial charge in [-0.2, -0.15) is 5.10 Å². The van der Waals surface area contributed by atoms with Gasteiger partial charge in [-0.15, -0.1) is 5.10 Å². The van der Waals surface area contributed by atoms with E-state index >= 15 is 0 Å². The van der Waals surface area contributed by atoms with E-state index in [0.717, 1.165) is 36.5 Å². The largest absolute Gasteiger partial charge is 0.444 e. The highest BCUT2D eigenvalue weighted by molar-refractivity contribution is 5.68. The predicted molar refractivity (Wildman–Crippen MR) is 86.0 cm³/mol. The van der Waals surface area contributed by atoms with Crippen LogP contribution in [0.1, 0.15) is 44.9 Å². The van der Waals surface area contributed by atoms with E-state index in [0.29, 0.717) is 6.54 Å². The minimum Gasteiger partial charge on any atom is -0.444 e. The van der Waals surface area contributed by atoms with Gasteiger partial charge in [0.15, 0.2) is 0 Å². The van der Waals surface area contributed by atoms with Crippen LogP contribution in [0.25, 0.3) is 0 Å². The third-order valence-electron chi connectivity index (χ3n) is 3.66. The SMILES string of the molecule is Cc1cc(NC2CCCN(C(=O)OC(C)(C)C)C2)nnc1C. The van der Waals surface area contributed by atoms with Crippen LogP contribution in [0.15, 0.2) is 6.07 Å². The number of hydrogen-bond acceptors (Lipinski definition) is 5. The molecule has 122 valence electrons. The van der Waals surface area contributed by atoms with Crippen LogP contribution in [0.3, 0.4) is 0 Å². The summed E-state index contributed by atoms with van der Waals surface area (Å²) in [6.45, 7) is 11.0. The van der Waals surface area contributed by atoms with E-state index in [2.05, 4.69) is 15.5 Å². The van der Waals surface area contributed by atoms with Crippen molar-refractivity contribution in [2.24, 2.45) is 0 Å². The lowest BCUT2D eigenvalue weighted by molar-refractivity contribution is 0.0206. The van der Waals surface area contributed by atoms with Crippen LogP contribution >= 0.6 is 0 Å². The number of amides is 1. The van der Waals surface area contributed by atoms with Crippen molar-refractivity contribution in [2.45, 2.75) is 59.1 Å². The first kappa shape index (κ1) is 16.5. The van der Waals surface area contributed by atoms with Crippen molar-refractivity contribution in [3.63, 3.8) is 0 Å². The van der Waals surface area contributed by atoms with Crippen molar-refractivity contribution < 1.29 is 9.53 Å². The highest BCUT2D eigenvalue weighted by Crippen LogP contribution is 2.18. The molecule has 1 saturated heterocycles. The van der Waals surface area contributed by atoms with Gasteiger partial charge in [0.1, 0.15) is 11.4 Å². The number of aromatic nitrogens is 2. The van der Waals surface area contributed by atoms with Crippen LogP contribution in [0.5, 0.6) is 0 Å². The first-order valence-corrected chi connectivity index (χ1v) is 7.80. The Labute approximate surface area is 132 Å². The molecule has 1 atom stereocenters. The fourth-order valence-electron chi connectivity index (χ4n) is 2.41. The van der Waals surface area contributed by atoms with Crippen LogP contribution in [-0.4, -0.2) is 45.9 Å². The average Bonchev–Trinajstić information content (AvgIpc) is 2.41. The maximum Gasteiger partial charge on any atom is 0.410 e.